The van der Waals surface area contributed by atoms with Gasteiger partial charge in [0.15, 0.2) is 0 Å². The van der Waals surface area contributed by atoms with Gasteiger partial charge in [-0.15, -0.1) is 0 Å². The maximum atomic E-state index is 11.3. The Morgan fingerprint density at radius 3 is 2.62 bits per heavy atom. The second kappa shape index (κ2) is 4.04. The number of likely N-dealkylation sites (tertiary alicyclic amines) is 1. The lowest BCUT2D eigenvalue weighted by Crippen LogP contribution is -2.42. The Hall–Kier alpha value is -0.650. The van der Waals surface area contributed by atoms with E-state index in [0.29, 0.717) is 6.42 Å². The van der Waals surface area contributed by atoms with Crippen molar-refractivity contribution in [2.24, 2.45) is 0 Å². The molecule has 0 aromatic rings. The molecule has 3 N–H and O–H groups in total. The zero-order valence-corrected chi connectivity index (χ0v) is 7.55. The van der Waals surface area contributed by atoms with Crippen LogP contribution in [0.2, 0.25) is 0 Å². The van der Waals surface area contributed by atoms with Crippen LogP contribution in [-0.2, 0) is 4.79 Å². The zero-order chi connectivity index (χ0) is 10.0. The van der Waals surface area contributed by atoms with Crippen LogP contribution in [0.4, 0.5) is 0 Å². The van der Waals surface area contributed by atoms with Gasteiger partial charge in [-0.1, -0.05) is 6.92 Å². The van der Waals surface area contributed by atoms with Crippen molar-refractivity contribution in [2.45, 2.75) is 31.6 Å². The van der Waals surface area contributed by atoms with E-state index >= 15 is 0 Å². The van der Waals surface area contributed by atoms with Crippen LogP contribution in [0.5, 0.6) is 0 Å². The Bertz CT molecular complexity index is 197. The van der Waals surface area contributed by atoms with Crippen molar-refractivity contribution in [3.63, 3.8) is 0 Å². The Balaban J connectivity index is 2.70. The van der Waals surface area contributed by atoms with Crippen LogP contribution in [0.15, 0.2) is 0 Å². The molecule has 1 aliphatic heterocycles. The number of aliphatic hydroxyl groups excluding tert-OH is 3. The number of β-amino-alcohol motifs (C(OH)–C–C–N with tert-alkyl or cyclic N) is 1. The smallest absolute Gasteiger partial charge is 0.222 e. The summed E-state index contributed by atoms with van der Waals surface area (Å²) < 4.78 is 0. The molecule has 0 saturated carbocycles. The number of hydrogen-bond donors (Lipinski definition) is 3. The van der Waals surface area contributed by atoms with E-state index < -0.39 is 18.2 Å². The monoisotopic (exact) mass is 189 g/mol. The van der Waals surface area contributed by atoms with Crippen molar-refractivity contribution >= 4 is 5.91 Å². The molecule has 5 heteroatoms. The van der Waals surface area contributed by atoms with Gasteiger partial charge in [-0.3, -0.25) is 4.79 Å². The van der Waals surface area contributed by atoms with E-state index in [1.54, 1.807) is 6.92 Å². The molecule has 0 spiro atoms. The molecule has 1 amide bonds. The average Bonchev–Trinajstić information content (AvgIpc) is 2.42. The van der Waals surface area contributed by atoms with Gasteiger partial charge in [-0.05, 0) is 0 Å². The van der Waals surface area contributed by atoms with Crippen molar-refractivity contribution in [1.82, 2.24) is 4.90 Å². The fourth-order valence-corrected chi connectivity index (χ4v) is 1.58. The molecule has 0 aromatic heterocycles. The number of rotatable bonds is 2. The van der Waals surface area contributed by atoms with E-state index in [1.807, 2.05) is 0 Å². The predicted octanol–water partition coefficient (Wildman–Crippen LogP) is -1.68. The molecule has 1 saturated heterocycles. The van der Waals surface area contributed by atoms with Gasteiger partial charge in [0, 0.05) is 13.0 Å². The van der Waals surface area contributed by atoms with Crippen LogP contribution in [-0.4, -0.2) is 57.5 Å². The Labute approximate surface area is 76.6 Å². The SMILES string of the molecule is CCC(=O)N1C[C@H](O)[C@@H](O)[C@@H]1CO. The largest absolute Gasteiger partial charge is 0.394 e. The van der Waals surface area contributed by atoms with E-state index in [2.05, 4.69) is 0 Å². The summed E-state index contributed by atoms with van der Waals surface area (Å²) in [5.41, 5.74) is 0. The molecular formula is C8H15NO4. The first-order chi connectivity index (χ1) is 6.11. The third kappa shape index (κ3) is 1.82. The standard InChI is InChI=1S/C8H15NO4/c1-2-7(12)9-3-6(11)8(13)5(9)4-10/h5-6,8,10-11,13H,2-4H2,1H3/t5-,6-,8-/m0/s1. The van der Waals surface area contributed by atoms with Crippen LogP contribution < -0.4 is 0 Å². The van der Waals surface area contributed by atoms with Crippen molar-refractivity contribution in [1.29, 1.82) is 0 Å². The second-order valence-electron chi connectivity index (χ2n) is 3.21. The van der Waals surface area contributed by atoms with Crippen LogP contribution in [0, 0.1) is 0 Å². The van der Waals surface area contributed by atoms with Gasteiger partial charge in [0.25, 0.3) is 0 Å². The Morgan fingerprint density at radius 2 is 2.15 bits per heavy atom. The molecular weight excluding hydrogens is 174 g/mol. The minimum Gasteiger partial charge on any atom is -0.394 e. The maximum absolute atomic E-state index is 11.3. The molecule has 76 valence electrons. The van der Waals surface area contributed by atoms with Crippen molar-refractivity contribution in [3.05, 3.63) is 0 Å². The lowest BCUT2D eigenvalue weighted by molar-refractivity contribution is -0.133. The van der Waals surface area contributed by atoms with E-state index in [4.69, 9.17) is 5.11 Å². The third-order valence-electron chi connectivity index (χ3n) is 2.38. The molecule has 1 rings (SSSR count). The van der Waals surface area contributed by atoms with Crippen LogP contribution in [0.3, 0.4) is 0 Å². The summed E-state index contributed by atoms with van der Waals surface area (Å²) in [5.74, 6) is -0.158. The Morgan fingerprint density at radius 1 is 1.54 bits per heavy atom. The highest BCUT2D eigenvalue weighted by Crippen LogP contribution is 2.18. The normalized spacial score (nSPS) is 33.8. The number of aliphatic hydroxyl groups is 3. The van der Waals surface area contributed by atoms with E-state index in [1.165, 1.54) is 4.90 Å². The first kappa shape index (κ1) is 10.4. The van der Waals surface area contributed by atoms with Gasteiger partial charge in [0.1, 0.15) is 6.10 Å². The topological polar surface area (TPSA) is 81.0 Å². The number of hydrogen-bond acceptors (Lipinski definition) is 4. The zero-order valence-electron chi connectivity index (χ0n) is 7.55. The first-order valence-electron chi connectivity index (χ1n) is 4.38. The molecule has 1 heterocycles. The average molecular weight is 189 g/mol. The minimum atomic E-state index is -1.03. The Kier molecular flexibility index (Phi) is 3.24. The van der Waals surface area contributed by atoms with Crippen LogP contribution in [0.25, 0.3) is 0 Å². The van der Waals surface area contributed by atoms with Gasteiger partial charge in [0.2, 0.25) is 5.91 Å². The third-order valence-corrected chi connectivity index (χ3v) is 2.38. The number of carbonyl (C=O) groups excluding carboxylic acids is 1. The van der Waals surface area contributed by atoms with E-state index in [0.717, 1.165) is 0 Å². The minimum absolute atomic E-state index is 0.110. The number of nitrogens with zero attached hydrogens (tertiary/aromatic N) is 1. The molecule has 0 unspecified atom stereocenters. The molecule has 0 bridgehead atoms. The summed E-state index contributed by atoms with van der Waals surface area (Å²) in [6, 6.07) is -0.651. The molecule has 0 aromatic carbocycles. The summed E-state index contributed by atoms with van der Waals surface area (Å²) in [6.07, 6.45) is -1.65. The van der Waals surface area contributed by atoms with Gasteiger partial charge < -0.3 is 20.2 Å². The summed E-state index contributed by atoms with van der Waals surface area (Å²) >= 11 is 0. The molecule has 0 aliphatic carbocycles. The first-order valence-corrected chi connectivity index (χ1v) is 4.38. The van der Waals surface area contributed by atoms with Gasteiger partial charge in [-0.25, -0.2) is 0 Å². The molecule has 1 aliphatic rings. The quantitative estimate of drug-likeness (QED) is 0.484. The highest BCUT2D eigenvalue weighted by molar-refractivity contribution is 5.76. The lowest BCUT2D eigenvalue weighted by Gasteiger charge is -2.23. The van der Waals surface area contributed by atoms with Crippen LogP contribution in [0.1, 0.15) is 13.3 Å². The summed E-state index contributed by atoms with van der Waals surface area (Å²) in [4.78, 5) is 12.6. The van der Waals surface area contributed by atoms with Crippen molar-refractivity contribution in [3.8, 4) is 0 Å². The molecule has 13 heavy (non-hydrogen) atoms. The molecule has 5 nitrogen and oxygen atoms in total. The fraction of sp³-hybridized carbons (Fsp3) is 0.875. The van der Waals surface area contributed by atoms with Gasteiger partial charge in [-0.2, -0.15) is 0 Å². The summed E-state index contributed by atoms with van der Waals surface area (Å²) in [6.45, 7) is 1.50. The van der Waals surface area contributed by atoms with Crippen molar-refractivity contribution in [2.75, 3.05) is 13.2 Å². The number of amides is 1. The fourth-order valence-electron chi connectivity index (χ4n) is 1.58. The van der Waals surface area contributed by atoms with Crippen LogP contribution >= 0.6 is 0 Å². The molecule has 3 atom stereocenters. The van der Waals surface area contributed by atoms with E-state index in [-0.39, 0.29) is 19.1 Å². The van der Waals surface area contributed by atoms with Gasteiger partial charge >= 0.3 is 0 Å². The second-order valence-corrected chi connectivity index (χ2v) is 3.21. The predicted molar refractivity (Wildman–Crippen MR) is 44.9 cm³/mol. The van der Waals surface area contributed by atoms with Gasteiger partial charge in [0.05, 0.1) is 18.8 Å². The van der Waals surface area contributed by atoms with Crippen molar-refractivity contribution < 1.29 is 20.1 Å². The number of carbonyl (C=O) groups is 1. The molecule has 1 fully saturated rings. The van der Waals surface area contributed by atoms with E-state index in [9.17, 15) is 15.0 Å². The highest BCUT2D eigenvalue weighted by Gasteiger charge is 2.41. The summed E-state index contributed by atoms with van der Waals surface area (Å²) in [5, 5.41) is 27.5. The summed E-state index contributed by atoms with van der Waals surface area (Å²) in [7, 11) is 0. The molecule has 0 radical (unpaired) electrons. The highest BCUT2D eigenvalue weighted by atomic mass is 16.3. The maximum Gasteiger partial charge on any atom is 0.222 e. The lowest BCUT2D eigenvalue weighted by atomic mass is 10.1.